The zero-order valence-electron chi connectivity index (χ0n) is 15.8. The van der Waals surface area contributed by atoms with Crippen molar-refractivity contribution in [1.29, 1.82) is 0 Å². The van der Waals surface area contributed by atoms with Crippen molar-refractivity contribution in [2.45, 2.75) is 6.61 Å². The average Bonchev–Trinajstić information content (AvgIpc) is 2.77. The van der Waals surface area contributed by atoms with Crippen LogP contribution in [0.1, 0.15) is 16.8 Å². The average molecular weight is 402 g/mol. The lowest BCUT2D eigenvalue weighted by Gasteiger charge is -2.09. The molecule has 0 bridgehead atoms. The van der Waals surface area contributed by atoms with Gasteiger partial charge in [0.2, 0.25) is 0 Å². The molecule has 3 nitrogen and oxygen atoms in total. The summed E-state index contributed by atoms with van der Waals surface area (Å²) >= 11 is 5.93. The number of benzene rings is 3. The standard InChI is InChI=1S/C25H20ClNO2/c26-22-10-5-18(6-11-22)15-21(16-28)19-8-13-24(14-9-19)29-17-23-12-7-20-3-1-2-4-25(20)27-23/h1-15,28H,16-17H2. The molecule has 0 aliphatic carbocycles. The van der Waals surface area contributed by atoms with E-state index in [9.17, 15) is 5.11 Å². The van der Waals surface area contributed by atoms with Crippen LogP contribution in [0.3, 0.4) is 0 Å². The van der Waals surface area contributed by atoms with E-state index < -0.39 is 0 Å². The number of rotatable bonds is 6. The Bertz CT molecular complexity index is 1140. The summed E-state index contributed by atoms with van der Waals surface area (Å²) in [7, 11) is 0. The molecule has 4 aromatic rings. The highest BCUT2D eigenvalue weighted by Crippen LogP contribution is 2.22. The molecule has 0 radical (unpaired) electrons. The van der Waals surface area contributed by atoms with E-state index in [-0.39, 0.29) is 6.61 Å². The maximum atomic E-state index is 9.77. The molecule has 0 fully saturated rings. The van der Waals surface area contributed by atoms with E-state index in [4.69, 9.17) is 16.3 Å². The lowest BCUT2D eigenvalue weighted by molar-refractivity contribution is 0.302. The van der Waals surface area contributed by atoms with Gasteiger partial charge >= 0.3 is 0 Å². The molecule has 0 aliphatic rings. The number of para-hydroxylation sites is 1. The summed E-state index contributed by atoms with van der Waals surface area (Å²) in [5.41, 5.74) is 4.60. The predicted molar refractivity (Wildman–Crippen MR) is 119 cm³/mol. The van der Waals surface area contributed by atoms with Crippen molar-refractivity contribution in [2.24, 2.45) is 0 Å². The molecule has 1 aromatic heterocycles. The summed E-state index contributed by atoms with van der Waals surface area (Å²) in [6.45, 7) is 0.349. The number of ether oxygens (including phenoxy) is 1. The minimum Gasteiger partial charge on any atom is -0.487 e. The second-order valence-electron chi connectivity index (χ2n) is 6.69. The number of fused-ring (bicyclic) bond motifs is 1. The molecule has 29 heavy (non-hydrogen) atoms. The Balaban J connectivity index is 1.45. The summed E-state index contributed by atoms with van der Waals surface area (Å²) < 4.78 is 5.88. The Morgan fingerprint density at radius 3 is 2.41 bits per heavy atom. The number of nitrogens with zero attached hydrogens (tertiary/aromatic N) is 1. The van der Waals surface area contributed by atoms with E-state index >= 15 is 0 Å². The minimum atomic E-state index is -0.0517. The molecule has 1 N–H and O–H groups in total. The van der Waals surface area contributed by atoms with Crippen LogP contribution < -0.4 is 4.74 Å². The Kier molecular flexibility index (Phi) is 5.89. The first-order valence-corrected chi connectivity index (χ1v) is 9.74. The Morgan fingerprint density at radius 1 is 0.897 bits per heavy atom. The van der Waals surface area contributed by atoms with Crippen LogP contribution in [0.25, 0.3) is 22.6 Å². The van der Waals surface area contributed by atoms with Gasteiger partial charge in [0.1, 0.15) is 12.4 Å². The van der Waals surface area contributed by atoms with Gasteiger partial charge < -0.3 is 9.84 Å². The first-order chi connectivity index (χ1) is 14.2. The van der Waals surface area contributed by atoms with E-state index in [1.165, 1.54) is 0 Å². The monoisotopic (exact) mass is 401 g/mol. The van der Waals surface area contributed by atoms with Crippen LogP contribution in [0, 0.1) is 0 Å². The molecular formula is C25H20ClNO2. The molecule has 0 amide bonds. The molecule has 0 saturated carbocycles. The van der Waals surface area contributed by atoms with Crippen molar-refractivity contribution in [1.82, 2.24) is 4.98 Å². The minimum absolute atomic E-state index is 0.0517. The van der Waals surface area contributed by atoms with Gasteiger partial charge in [-0.3, -0.25) is 0 Å². The maximum absolute atomic E-state index is 9.77. The Hall–Kier alpha value is -3.14. The van der Waals surface area contributed by atoms with Crippen molar-refractivity contribution >= 4 is 34.2 Å². The largest absolute Gasteiger partial charge is 0.487 e. The second-order valence-corrected chi connectivity index (χ2v) is 7.12. The first-order valence-electron chi connectivity index (χ1n) is 9.36. The van der Waals surface area contributed by atoms with Crippen molar-refractivity contribution in [3.05, 3.63) is 107 Å². The lowest BCUT2D eigenvalue weighted by atomic mass is 10.0. The number of pyridine rings is 1. The van der Waals surface area contributed by atoms with Gasteiger partial charge in [0.25, 0.3) is 0 Å². The predicted octanol–water partition coefficient (Wildman–Crippen LogP) is 6.00. The van der Waals surface area contributed by atoms with Crippen LogP contribution in [-0.4, -0.2) is 16.7 Å². The highest BCUT2D eigenvalue weighted by molar-refractivity contribution is 6.30. The topological polar surface area (TPSA) is 42.4 Å². The van der Waals surface area contributed by atoms with Crippen LogP contribution in [0.5, 0.6) is 5.75 Å². The molecule has 4 rings (SSSR count). The van der Waals surface area contributed by atoms with E-state index in [1.807, 2.05) is 84.9 Å². The van der Waals surface area contributed by atoms with E-state index in [1.54, 1.807) is 0 Å². The molecule has 0 spiro atoms. The van der Waals surface area contributed by atoms with Gasteiger partial charge in [-0.2, -0.15) is 0 Å². The molecule has 3 aromatic carbocycles. The number of hydrogen-bond acceptors (Lipinski definition) is 3. The molecule has 0 atom stereocenters. The van der Waals surface area contributed by atoms with Crippen molar-refractivity contribution in [3.8, 4) is 5.75 Å². The number of aliphatic hydroxyl groups is 1. The fraction of sp³-hybridized carbons (Fsp3) is 0.0800. The smallest absolute Gasteiger partial charge is 0.130 e. The summed E-state index contributed by atoms with van der Waals surface area (Å²) in [6.07, 6.45) is 1.95. The fourth-order valence-corrected chi connectivity index (χ4v) is 3.22. The van der Waals surface area contributed by atoms with Gasteiger partial charge in [-0.05, 0) is 59.2 Å². The Morgan fingerprint density at radius 2 is 1.66 bits per heavy atom. The molecule has 0 unspecified atom stereocenters. The molecule has 4 heteroatoms. The van der Waals surface area contributed by atoms with Gasteiger partial charge in [-0.25, -0.2) is 4.98 Å². The normalized spacial score (nSPS) is 11.6. The lowest BCUT2D eigenvalue weighted by Crippen LogP contribution is -1.98. The van der Waals surface area contributed by atoms with Gasteiger partial charge in [0.05, 0.1) is 17.8 Å². The molecule has 0 aliphatic heterocycles. The highest BCUT2D eigenvalue weighted by Gasteiger charge is 2.04. The number of hydrogen-bond donors (Lipinski definition) is 1. The van der Waals surface area contributed by atoms with Gasteiger partial charge in [-0.1, -0.05) is 60.1 Å². The summed E-state index contributed by atoms with van der Waals surface area (Å²) in [6, 6.07) is 27.3. The maximum Gasteiger partial charge on any atom is 0.130 e. The fourth-order valence-electron chi connectivity index (χ4n) is 3.09. The zero-order chi connectivity index (χ0) is 20.1. The van der Waals surface area contributed by atoms with Crippen molar-refractivity contribution in [2.75, 3.05) is 6.61 Å². The van der Waals surface area contributed by atoms with Gasteiger partial charge in [-0.15, -0.1) is 0 Å². The first kappa shape index (κ1) is 19.2. The molecule has 144 valence electrons. The SMILES string of the molecule is OCC(=Cc1ccc(Cl)cc1)c1ccc(OCc2ccc3ccccc3n2)cc1. The van der Waals surface area contributed by atoms with Crippen LogP contribution >= 0.6 is 11.6 Å². The van der Waals surface area contributed by atoms with Crippen molar-refractivity contribution < 1.29 is 9.84 Å². The van der Waals surface area contributed by atoms with Gasteiger partial charge in [0, 0.05) is 10.4 Å². The Labute approximate surface area is 174 Å². The van der Waals surface area contributed by atoms with E-state index in [0.29, 0.717) is 11.6 Å². The third kappa shape index (κ3) is 4.83. The van der Waals surface area contributed by atoms with Crippen LogP contribution in [0.15, 0.2) is 84.9 Å². The van der Waals surface area contributed by atoms with E-state index in [0.717, 1.165) is 39.0 Å². The third-order valence-electron chi connectivity index (χ3n) is 4.65. The molecular weight excluding hydrogens is 382 g/mol. The highest BCUT2D eigenvalue weighted by atomic mass is 35.5. The van der Waals surface area contributed by atoms with Crippen LogP contribution in [0.4, 0.5) is 0 Å². The summed E-state index contributed by atoms with van der Waals surface area (Å²) in [5.74, 6) is 0.757. The summed E-state index contributed by atoms with van der Waals surface area (Å²) in [5, 5.41) is 11.6. The summed E-state index contributed by atoms with van der Waals surface area (Å²) in [4.78, 5) is 4.63. The third-order valence-corrected chi connectivity index (χ3v) is 4.90. The van der Waals surface area contributed by atoms with Crippen molar-refractivity contribution in [3.63, 3.8) is 0 Å². The number of aromatic nitrogens is 1. The van der Waals surface area contributed by atoms with Crippen LogP contribution in [-0.2, 0) is 6.61 Å². The van der Waals surface area contributed by atoms with Crippen LogP contribution in [0.2, 0.25) is 5.02 Å². The van der Waals surface area contributed by atoms with Gasteiger partial charge in [0.15, 0.2) is 0 Å². The number of halogens is 1. The molecule has 1 heterocycles. The molecule has 0 saturated heterocycles. The quantitative estimate of drug-likeness (QED) is 0.403. The second kappa shape index (κ2) is 8.91. The number of aliphatic hydroxyl groups excluding tert-OH is 1. The zero-order valence-corrected chi connectivity index (χ0v) is 16.5. The van der Waals surface area contributed by atoms with E-state index in [2.05, 4.69) is 11.1 Å².